The number of hydrogen-bond acceptors (Lipinski definition) is 2. The zero-order chi connectivity index (χ0) is 14.5. The molecule has 0 heterocycles. The molecule has 0 bridgehead atoms. The van der Waals surface area contributed by atoms with Crippen LogP contribution in [-0.4, -0.2) is 18.9 Å². The fourth-order valence-corrected chi connectivity index (χ4v) is 2.61. The van der Waals surface area contributed by atoms with Crippen molar-refractivity contribution in [2.45, 2.75) is 13.8 Å². The van der Waals surface area contributed by atoms with Gasteiger partial charge in [-0.2, -0.15) is 0 Å². The van der Waals surface area contributed by atoms with Crippen LogP contribution < -0.4 is 4.90 Å². The first-order valence-electron chi connectivity index (χ1n) is 6.71. The summed E-state index contributed by atoms with van der Waals surface area (Å²) in [6.45, 7) is 5.35. The molecule has 2 aromatic carbocycles. The standard InChI is InChI=1S/C17H18BrNO/c1-3-19(16-10-5-4-7-13(16)2)12-17(20)14-8-6-9-15(18)11-14/h4-11H,3,12H2,1-2H3. The van der Waals surface area contributed by atoms with Crippen LogP contribution in [0.25, 0.3) is 0 Å². The Morgan fingerprint density at radius 1 is 1.15 bits per heavy atom. The van der Waals surface area contributed by atoms with Crippen LogP contribution in [0.1, 0.15) is 22.8 Å². The summed E-state index contributed by atoms with van der Waals surface area (Å²) >= 11 is 3.40. The number of aryl methyl sites for hydroxylation is 1. The van der Waals surface area contributed by atoms with E-state index in [1.807, 2.05) is 36.4 Å². The minimum absolute atomic E-state index is 0.136. The number of halogens is 1. The Labute approximate surface area is 128 Å². The highest BCUT2D eigenvalue weighted by Gasteiger charge is 2.13. The van der Waals surface area contributed by atoms with Gasteiger partial charge < -0.3 is 4.90 Å². The van der Waals surface area contributed by atoms with E-state index < -0.39 is 0 Å². The van der Waals surface area contributed by atoms with Crippen LogP contribution in [0.4, 0.5) is 5.69 Å². The van der Waals surface area contributed by atoms with E-state index in [0.29, 0.717) is 6.54 Å². The highest BCUT2D eigenvalue weighted by atomic mass is 79.9. The average Bonchev–Trinajstić information content (AvgIpc) is 2.45. The number of anilines is 1. The van der Waals surface area contributed by atoms with E-state index in [2.05, 4.69) is 46.8 Å². The summed E-state index contributed by atoms with van der Waals surface area (Å²) in [5.74, 6) is 0.136. The van der Waals surface area contributed by atoms with Crippen LogP contribution in [-0.2, 0) is 0 Å². The number of rotatable bonds is 5. The Balaban J connectivity index is 2.19. The van der Waals surface area contributed by atoms with Crippen LogP contribution in [0, 0.1) is 6.92 Å². The molecule has 0 unspecified atom stereocenters. The predicted molar refractivity (Wildman–Crippen MR) is 87.5 cm³/mol. The molecule has 0 aromatic heterocycles. The first-order chi connectivity index (χ1) is 9.61. The second-order valence-corrected chi connectivity index (χ2v) is 5.65. The van der Waals surface area contributed by atoms with E-state index in [1.165, 1.54) is 5.56 Å². The van der Waals surface area contributed by atoms with Crippen molar-refractivity contribution in [3.05, 3.63) is 64.1 Å². The molecule has 3 heteroatoms. The predicted octanol–water partition coefficient (Wildman–Crippen LogP) is 4.47. The van der Waals surface area contributed by atoms with Gasteiger partial charge in [-0.25, -0.2) is 0 Å². The van der Waals surface area contributed by atoms with E-state index in [4.69, 9.17) is 0 Å². The van der Waals surface area contributed by atoms with Crippen molar-refractivity contribution in [3.63, 3.8) is 0 Å². The number of carbonyl (C=O) groups is 1. The van der Waals surface area contributed by atoms with Gasteiger partial charge in [0.2, 0.25) is 0 Å². The molecule has 20 heavy (non-hydrogen) atoms. The van der Waals surface area contributed by atoms with Crippen molar-refractivity contribution < 1.29 is 4.79 Å². The number of para-hydroxylation sites is 1. The van der Waals surface area contributed by atoms with E-state index in [0.717, 1.165) is 22.3 Å². The number of hydrogen-bond donors (Lipinski definition) is 0. The quantitative estimate of drug-likeness (QED) is 0.753. The molecule has 0 N–H and O–H groups in total. The minimum atomic E-state index is 0.136. The Hall–Kier alpha value is -1.61. The lowest BCUT2D eigenvalue weighted by Crippen LogP contribution is -2.30. The molecule has 0 saturated heterocycles. The number of carbonyl (C=O) groups excluding carboxylic acids is 1. The normalized spacial score (nSPS) is 10.3. The summed E-state index contributed by atoms with van der Waals surface area (Å²) in [6, 6.07) is 15.7. The third kappa shape index (κ3) is 3.48. The van der Waals surface area contributed by atoms with Crippen LogP contribution in [0.15, 0.2) is 53.0 Å². The van der Waals surface area contributed by atoms with Crippen molar-refractivity contribution in [3.8, 4) is 0 Å². The molecular weight excluding hydrogens is 314 g/mol. The lowest BCUT2D eigenvalue weighted by molar-refractivity contribution is 0.0999. The summed E-state index contributed by atoms with van der Waals surface area (Å²) in [6.07, 6.45) is 0. The van der Waals surface area contributed by atoms with Crippen LogP contribution in [0.2, 0.25) is 0 Å². The molecule has 0 aliphatic carbocycles. The molecule has 0 aliphatic rings. The van der Waals surface area contributed by atoms with Crippen molar-refractivity contribution in [2.24, 2.45) is 0 Å². The molecule has 2 aromatic rings. The maximum atomic E-state index is 12.4. The Kier molecular flexibility index (Phi) is 4.96. The minimum Gasteiger partial charge on any atom is -0.364 e. The van der Waals surface area contributed by atoms with Gasteiger partial charge in [0, 0.05) is 22.3 Å². The zero-order valence-corrected chi connectivity index (χ0v) is 13.4. The first-order valence-corrected chi connectivity index (χ1v) is 7.50. The molecule has 0 aliphatic heterocycles. The van der Waals surface area contributed by atoms with Crippen molar-refractivity contribution in [2.75, 3.05) is 18.0 Å². The van der Waals surface area contributed by atoms with Gasteiger partial charge in [-0.15, -0.1) is 0 Å². The summed E-state index contributed by atoms with van der Waals surface area (Å²) < 4.78 is 0.933. The van der Waals surface area contributed by atoms with Gasteiger partial charge in [-0.05, 0) is 37.6 Å². The summed E-state index contributed by atoms with van der Waals surface area (Å²) in [5.41, 5.74) is 3.06. The molecule has 0 saturated carbocycles. The van der Waals surface area contributed by atoms with Crippen LogP contribution >= 0.6 is 15.9 Å². The van der Waals surface area contributed by atoms with Gasteiger partial charge in [0.1, 0.15) is 0 Å². The summed E-state index contributed by atoms with van der Waals surface area (Å²) in [7, 11) is 0. The monoisotopic (exact) mass is 331 g/mol. The van der Waals surface area contributed by atoms with Crippen molar-refractivity contribution in [1.82, 2.24) is 0 Å². The van der Waals surface area contributed by atoms with E-state index in [9.17, 15) is 4.79 Å². The number of likely N-dealkylation sites (N-methyl/N-ethyl adjacent to an activating group) is 1. The summed E-state index contributed by atoms with van der Waals surface area (Å²) in [5, 5.41) is 0. The van der Waals surface area contributed by atoms with Gasteiger partial charge in [0.05, 0.1) is 6.54 Å². The topological polar surface area (TPSA) is 20.3 Å². The third-order valence-corrected chi connectivity index (χ3v) is 3.81. The summed E-state index contributed by atoms with van der Waals surface area (Å²) in [4.78, 5) is 14.5. The number of benzene rings is 2. The van der Waals surface area contributed by atoms with Crippen LogP contribution in [0.5, 0.6) is 0 Å². The molecule has 2 rings (SSSR count). The van der Waals surface area contributed by atoms with E-state index in [-0.39, 0.29) is 5.78 Å². The maximum Gasteiger partial charge on any atom is 0.182 e. The molecule has 0 atom stereocenters. The number of nitrogens with zero attached hydrogens (tertiary/aromatic N) is 1. The second-order valence-electron chi connectivity index (χ2n) is 4.73. The highest BCUT2D eigenvalue weighted by Crippen LogP contribution is 2.20. The lowest BCUT2D eigenvalue weighted by Gasteiger charge is -2.24. The largest absolute Gasteiger partial charge is 0.364 e. The Morgan fingerprint density at radius 2 is 1.90 bits per heavy atom. The number of ketones is 1. The van der Waals surface area contributed by atoms with Crippen molar-refractivity contribution >= 4 is 27.4 Å². The van der Waals surface area contributed by atoms with Gasteiger partial charge in [-0.3, -0.25) is 4.79 Å². The maximum absolute atomic E-state index is 12.4. The van der Waals surface area contributed by atoms with E-state index >= 15 is 0 Å². The first kappa shape index (κ1) is 14.8. The molecule has 2 nitrogen and oxygen atoms in total. The van der Waals surface area contributed by atoms with E-state index in [1.54, 1.807) is 0 Å². The zero-order valence-electron chi connectivity index (χ0n) is 11.8. The SMILES string of the molecule is CCN(CC(=O)c1cccc(Br)c1)c1ccccc1C. The fourth-order valence-electron chi connectivity index (χ4n) is 2.21. The third-order valence-electron chi connectivity index (χ3n) is 3.32. The highest BCUT2D eigenvalue weighted by molar-refractivity contribution is 9.10. The molecule has 104 valence electrons. The molecule has 0 amide bonds. The average molecular weight is 332 g/mol. The van der Waals surface area contributed by atoms with Gasteiger partial charge >= 0.3 is 0 Å². The molecule has 0 fully saturated rings. The van der Waals surface area contributed by atoms with Crippen molar-refractivity contribution in [1.29, 1.82) is 0 Å². The Bertz CT molecular complexity index is 609. The van der Waals surface area contributed by atoms with Gasteiger partial charge in [-0.1, -0.05) is 46.3 Å². The second kappa shape index (κ2) is 6.71. The van der Waals surface area contributed by atoms with Gasteiger partial charge in [0.15, 0.2) is 5.78 Å². The molecular formula is C17H18BrNO. The fraction of sp³-hybridized carbons (Fsp3) is 0.235. The Morgan fingerprint density at radius 3 is 2.55 bits per heavy atom. The molecule has 0 spiro atoms. The smallest absolute Gasteiger partial charge is 0.182 e. The lowest BCUT2D eigenvalue weighted by atomic mass is 10.1. The molecule has 0 radical (unpaired) electrons. The number of Topliss-reactive ketones (excluding diaryl/α,β-unsaturated/α-hetero) is 1. The van der Waals surface area contributed by atoms with Crippen LogP contribution in [0.3, 0.4) is 0 Å². The van der Waals surface area contributed by atoms with Gasteiger partial charge in [0.25, 0.3) is 0 Å².